The number of para-hydroxylation sites is 1. The van der Waals surface area contributed by atoms with E-state index >= 15 is 0 Å². The second-order valence-electron chi connectivity index (χ2n) is 6.08. The number of nitrogens with one attached hydrogen (secondary N) is 3. The van der Waals surface area contributed by atoms with E-state index in [2.05, 4.69) is 25.5 Å². The number of nitrogens with zero attached hydrogens (tertiary/aromatic N) is 2. The predicted octanol–water partition coefficient (Wildman–Crippen LogP) is 2.24. The lowest BCUT2D eigenvalue weighted by molar-refractivity contribution is 0.0392. The average molecular weight is 325 g/mol. The number of aryl methyl sites for hydroxylation is 1. The van der Waals surface area contributed by atoms with Gasteiger partial charge in [-0.3, -0.25) is 9.89 Å². The van der Waals surface area contributed by atoms with E-state index in [9.17, 15) is 4.79 Å². The standard InChI is InChI=1S/C17H19N5O2/c1-10-15(12-4-2-3-5-13(12)21-10)17(23)18-8-11-6-7-14(24-11)16-19-9-20-22-16/h2-5,9,11,14,21H,6-8H2,1H3,(H,18,23)(H,19,20,22)/t11-,14+/m1/s1. The van der Waals surface area contributed by atoms with Crippen molar-refractivity contribution in [2.45, 2.75) is 32.0 Å². The zero-order valence-corrected chi connectivity index (χ0v) is 13.4. The molecule has 24 heavy (non-hydrogen) atoms. The molecular formula is C17H19N5O2. The van der Waals surface area contributed by atoms with Gasteiger partial charge >= 0.3 is 0 Å². The minimum Gasteiger partial charge on any atom is -0.365 e. The Labute approximate surface area is 138 Å². The highest BCUT2D eigenvalue weighted by Gasteiger charge is 2.29. The van der Waals surface area contributed by atoms with Crippen molar-refractivity contribution in [1.29, 1.82) is 0 Å². The Hall–Kier alpha value is -2.67. The molecule has 7 heteroatoms. The van der Waals surface area contributed by atoms with Crippen LogP contribution in [0.25, 0.3) is 10.9 Å². The van der Waals surface area contributed by atoms with E-state index in [1.54, 1.807) is 0 Å². The fourth-order valence-corrected chi connectivity index (χ4v) is 3.29. The van der Waals surface area contributed by atoms with E-state index < -0.39 is 0 Å². The molecule has 0 radical (unpaired) electrons. The summed E-state index contributed by atoms with van der Waals surface area (Å²) in [6.07, 6.45) is 3.17. The van der Waals surface area contributed by atoms with Gasteiger partial charge in [0.15, 0.2) is 5.82 Å². The average Bonchev–Trinajstić information content (AvgIpc) is 3.31. The summed E-state index contributed by atoms with van der Waals surface area (Å²) in [7, 11) is 0. The van der Waals surface area contributed by atoms with Gasteiger partial charge in [0, 0.05) is 23.1 Å². The number of amides is 1. The van der Waals surface area contributed by atoms with Crippen molar-refractivity contribution in [2.24, 2.45) is 0 Å². The van der Waals surface area contributed by atoms with Gasteiger partial charge in [-0.15, -0.1) is 0 Å². The SMILES string of the molecule is Cc1[nH]c2ccccc2c1C(=O)NC[C@H]1CC[C@@H](c2ncn[nH]2)O1. The maximum absolute atomic E-state index is 12.6. The number of ether oxygens (including phenoxy) is 1. The molecule has 0 saturated carbocycles. The number of carbonyl (C=O) groups is 1. The van der Waals surface area contributed by atoms with Crippen molar-refractivity contribution in [2.75, 3.05) is 6.54 Å². The van der Waals surface area contributed by atoms with Crippen LogP contribution < -0.4 is 5.32 Å². The number of aromatic nitrogens is 4. The maximum atomic E-state index is 12.6. The fraction of sp³-hybridized carbons (Fsp3) is 0.353. The molecule has 3 N–H and O–H groups in total. The maximum Gasteiger partial charge on any atom is 0.253 e. The summed E-state index contributed by atoms with van der Waals surface area (Å²) in [5, 5.41) is 10.6. The summed E-state index contributed by atoms with van der Waals surface area (Å²) < 4.78 is 5.94. The Morgan fingerprint density at radius 2 is 2.25 bits per heavy atom. The van der Waals surface area contributed by atoms with Crippen LogP contribution in [-0.4, -0.2) is 38.7 Å². The molecule has 1 aliphatic rings. The lowest BCUT2D eigenvalue weighted by Gasteiger charge is -2.13. The second-order valence-corrected chi connectivity index (χ2v) is 6.08. The molecule has 1 amide bonds. The lowest BCUT2D eigenvalue weighted by Crippen LogP contribution is -2.32. The van der Waals surface area contributed by atoms with Gasteiger partial charge in [-0.05, 0) is 25.8 Å². The van der Waals surface area contributed by atoms with Crippen molar-refractivity contribution in [3.05, 3.63) is 47.7 Å². The first-order chi connectivity index (χ1) is 11.7. The van der Waals surface area contributed by atoms with Gasteiger partial charge in [0.25, 0.3) is 5.91 Å². The van der Waals surface area contributed by atoms with E-state index in [-0.39, 0.29) is 18.1 Å². The molecule has 1 aliphatic heterocycles. The zero-order chi connectivity index (χ0) is 16.5. The third kappa shape index (κ3) is 2.67. The largest absolute Gasteiger partial charge is 0.365 e. The number of fused-ring (bicyclic) bond motifs is 1. The summed E-state index contributed by atoms with van der Waals surface area (Å²) in [6.45, 7) is 2.41. The second kappa shape index (κ2) is 6.09. The van der Waals surface area contributed by atoms with E-state index in [1.807, 2.05) is 31.2 Å². The van der Waals surface area contributed by atoms with Crippen LogP contribution in [0.2, 0.25) is 0 Å². The molecule has 3 heterocycles. The van der Waals surface area contributed by atoms with Crippen LogP contribution in [0.4, 0.5) is 0 Å². The molecule has 0 bridgehead atoms. The molecular weight excluding hydrogens is 306 g/mol. The van der Waals surface area contributed by atoms with Crippen molar-refractivity contribution in [3.63, 3.8) is 0 Å². The molecule has 3 aromatic rings. The molecule has 2 atom stereocenters. The molecule has 2 aromatic heterocycles. The predicted molar refractivity (Wildman–Crippen MR) is 88.6 cm³/mol. The van der Waals surface area contributed by atoms with Crippen LogP contribution in [0.3, 0.4) is 0 Å². The van der Waals surface area contributed by atoms with Crippen LogP contribution in [0, 0.1) is 6.92 Å². The first-order valence-corrected chi connectivity index (χ1v) is 8.08. The summed E-state index contributed by atoms with van der Waals surface area (Å²) in [6, 6.07) is 7.82. The van der Waals surface area contributed by atoms with Gasteiger partial charge in [0.1, 0.15) is 12.4 Å². The lowest BCUT2D eigenvalue weighted by atomic mass is 10.1. The van der Waals surface area contributed by atoms with Crippen molar-refractivity contribution in [1.82, 2.24) is 25.5 Å². The number of benzene rings is 1. The Kier molecular flexibility index (Phi) is 3.78. The monoisotopic (exact) mass is 325 g/mol. The molecule has 1 fully saturated rings. The highest BCUT2D eigenvalue weighted by Crippen LogP contribution is 2.30. The zero-order valence-electron chi connectivity index (χ0n) is 13.4. The van der Waals surface area contributed by atoms with Gasteiger partial charge in [-0.1, -0.05) is 18.2 Å². The molecule has 7 nitrogen and oxygen atoms in total. The third-order valence-corrected chi connectivity index (χ3v) is 4.46. The Morgan fingerprint density at radius 3 is 3.08 bits per heavy atom. The number of hydrogen-bond acceptors (Lipinski definition) is 4. The number of hydrogen-bond donors (Lipinski definition) is 3. The topological polar surface area (TPSA) is 95.7 Å². The minimum absolute atomic E-state index is 0.00504. The first kappa shape index (κ1) is 14.9. The van der Waals surface area contributed by atoms with Gasteiger partial charge < -0.3 is 15.0 Å². The summed E-state index contributed by atoms with van der Waals surface area (Å²) in [5.41, 5.74) is 2.55. The molecule has 1 saturated heterocycles. The quantitative estimate of drug-likeness (QED) is 0.685. The van der Waals surface area contributed by atoms with Gasteiger partial charge in [-0.25, -0.2) is 4.98 Å². The van der Waals surface area contributed by atoms with Gasteiger partial charge in [0.2, 0.25) is 0 Å². The first-order valence-electron chi connectivity index (χ1n) is 8.08. The third-order valence-electron chi connectivity index (χ3n) is 4.46. The molecule has 0 unspecified atom stereocenters. The molecule has 0 aliphatic carbocycles. The summed E-state index contributed by atoms with van der Waals surface area (Å²) in [5.74, 6) is 0.674. The van der Waals surface area contributed by atoms with Crippen molar-refractivity contribution >= 4 is 16.8 Å². The van der Waals surface area contributed by atoms with Crippen molar-refractivity contribution < 1.29 is 9.53 Å². The number of aromatic amines is 2. The molecule has 4 rings (SSSR count). The van der Waals surface area contributed by atoms with Crippen LogP contribution in [-0.2, 0) is 4.74 Å². The highest BCUT2D eigenvalue weighted by atomic mass is 16.5. The van der Waals surface area contributed by atoms with Crippen LogP contribution in [0.5, 0.6) is 0 Å². The van der Waals surface area contributed by atoms with Gasteiger partial charge in [0.05, 0.1) is 11.7 Å². The van der Waals surface area contributed by atoms with Gasteiger partial charge in [-0.2, -0.15) is 5.10 Å². The fourth-order valence-electron chi connectivity index (χ4n) is 3.29. The van der Waals surface area contributed by atoms with Crippen molar-refractivity contribution in [3.8, 4) is 0 Å². The Morgan fingerprint density at radius 1 is 1.38 bits per heavy atom. The van der Waals surface area contributed by atoms with E-state index in [4.69, 9.17) is 4.74 Å². The molecule has 0 spiro atoms. The number of rotatable bonds is 4. The summed E-state index contributed by atoms with van der Waals surface area (Å²) >= 11 is 0. The number of H-pyrrole nitrogens is 2. The van der Waals surface area contributed by atoms with Crippen LogP contribution in [0.15, 0.2) is 30.6 Å². The molecule has 124 valence electrons. The minimum atomic E-state index is -0.0725. The van der Waals surface area contributed by atoms with Crippen LogP contribution in [0.1, 0.15) is 40.8 Å². The smallest absolute Gasteiger partial charge is 0.253 e. The van der Waals surface area contributed by atoms with E-state index in [1.165, 1.54) is 6.33 Å². The van der Waals surface area contributed by atoms with E-state index in [0.29, 0.717) is 12.1 Å². The Bertz CT molecular complexity index is 855. The number of carbonyl (C=O) groups excluding carboxylic acids is 1. The molecule has 1 aromatic carbocycles. The normalized spacial score (nSPS) is 20.5. The summed E-state index contributed by atoms with van der Waals surface area (Å²) in [4.78, 5) is 20.0. The highest BCUT2D eigenvalue weighted by molar-refractivity contribution is 6.08. The van der Waals surface area contributed by atoms with E-state index in [0.717, 1.165) is 35.3 Å². The van der Waals surface area contributed by atoms with Crippen LogP contribution >= 0.6 is 0 Å². The Balaban J connectivity index is 1.41.